The zero-order valence-corrected chi connectivity index (χ0v) is 15.1. The van der Waals surface area contributed by atoms with E-state index in [0.717, 1.165) is 5.56 Å². The molecule has 0 fully saturated rings. The van der Waals surface area contributed by atoms with Crippen molar-refractivity contribution in [2.75, 3.05) is 6.61 Å². The van der Waals surface area contributed by atoms with Gasteiger partial charge in [-0.1, -0.05) is 48.5 Å². The molecule has 1 aromatic heterocycles. The summed E-state index contributed by atoms with van der Waals surface area (Å²) >= 11 is 0. The van der Waals surface area contributed by atoms with Crippen molar-refractivity contribution in [2.45, 2.75) is 12.5 Å². The third-order valence-electron chi connectivity index (χ3n) is 4.15. The van der Waals surface area contributed by atoms with Gasteiger partial charge in [-0.05, 0) is 29.8 Å². The van der Waals surface area contributed by atoms with Gasteiger partial charge in [0.05, 0.1) is 5.69 Å². The largest absolute Gasteiger partial charge is 0.456 e. The van der Waals surface area contributed by atoms with Gasteiger partial charge in [0.1, 0.15) is 6.04 Å². The zero-order chi connectivity index (χ0) is 19.8. The van der Waals surface area contributed by atoms with Gasteiger partial charge >= 0.3 is 5.97 Å². The third-order valence-corrected chi connectivity index (χ3v) is 4.15. The molecular formula is C22H20N2O4. The second kappa shape index (κ2) is 9.32. The van der Waals surface area contributed by atoms with Gasteiger partial charge in [-0.15, -0.1) is 0 Å². The Morgan fingerprint density at radius 3 is 2.21 bits per heavy atom. The Morgan fingerprint density at radius 2 is 1.57 bits per heavy atom. The fourth-order valence-corrected chi connectivity index (χ4v) is 2.69. The summed E-state index contributed by atoms with van der Waals surface area (Å²) in [5.41, 5.74) is 1.67. The first-order valence-electron chi connectivity index (χ1n) is 8.86. The van der Waals surface area contributed by atoms with Crippen LogP contribution in [0.2, 0.25) is 0 Å². The lowest BCUT2D eigenvalue weighted by molar-refractivity contribution is -0.144. The molecule has 0 bridgehead atoms. The number of hydrogen-bond acceptors (Lipinski definition) is 4. The molecule has 1 atom stereocenters. The Bertz CT molecular complexity index is 922. The Hall–Kier alpha value is -3.67. The number of carbonyl (C=O) groups excluding carboxylic acids is 3. The second-order valence-corrected chi connectivity index (χ2v) is 6.20. The van der Waals surface area contributed by atoms with Crippen LogP contribution in [0.4, 0.5) is 0 Å². The first-order valence-corrected chi connectivity index (χ1v) is 8.86. The van der Waals surface area contributed by atoms with Crippen LogP contribution in [0.3, 0.4) is 0 Å². The molecule has 1 heterocycles. The van der Waals surface area contributed by atoms with Crippen LogP contribution in [0, 0.1) is 0 Å². The molecule has 2 N–H and O–H groups in total. The van der Waals surface area contributed by atoms with E-state index in [1.165, 1.54) is 0 Å². The average Bonchev–Trinajstić information content (AvgIpc) is 3.27. The van der Waals surface area contributed by atoms with E-state index in [2.05, 4.69) is 10.3 Å². The maximum atomic E-state index is 12.6. The van der Waals surface area contributed by atoms with Crippen LogP contribution < -0.4 is 5.32 Å². The van der Waals surface area contributed by atoms with Crippen molar-refractivity contribution in [3.63, 3.8) is 0 Å². The monoisotopic (exact) mass is 376 g/mol. The van der Waals surface area contributed by atoms with Gasteiger partial charge in [-0.25, -0.2) is 4.79 Å². The van der Waals surface area contributed by atoms with E-state index < -0.39 is 18.6 Å². The van der Waals surface area contributed by atoms with Crippen LogP contribution in [0.5, 0.6) is 0 Å². The number of ketones is 1. The van der Waals surface area contributed by atoms with Gasteiger partial charge in [-0.2, -0.15) is 0 Å². The standard InChI is InChI=1S/C22H20N2O4/c25-20(18-12-7-13-23-18)15-28-22(27)19(14-16-8-3-1-4-9-16)24-21(26)17-10-5-2-6-11-17/h1-13,19,23H,14-15H2,(H,24,26)/t19-/m1/s1. The Morgan fingerprint density at radius 1 is 0.893 bits per heavy atom. The van der Waals surface area contributed by atoms with Crippen LogP contribution in [-0.2, 0) is 16.0 Å². The lowest BCUT2D eigenvalue weighted by Gasteiger charge is -2.18. The van der Waals surface area contributed by atoms with Crippen molar-refractivity contribution in [1.82, 2.24) is 10.3 Å². The number of aromatic nitrogens is 1. The lowest BCUT2D eigenvalue weighted by Crippen LogP contribution is -2.43. The topological polar surface area (TPSA) is 88.3 Å². The molecule has 0 saturated carbocycles. The van der Waals surface area contributed by atoms with Crippen LogP contribution in [-0.4, -0.2) is 35.3 Å². The highest BCUT2D eigenvalue weighted by molar-refractivity contribution is 5.98. The van der Waals surface area contributed by atoms with E-state index in [0.29, 0.717) is 11.3 Å². The van der Waals surface area contributed by atoms with Crippen LogP contribution in [0.25, 0.3) is 0 Å². The zero-order valence-electron chi connectivity index (χ0n) is 15.1. The molecular weight excluding hydrogens is 356 g/mol. The fourth-order valence-electron chi connectivity index (χ4n) is 2.69. The Labute approximate surface area is 162 Å². The number of Topliss-reactive ketones (excluding diaryl/α,β-unsaturated/α-hetero) is 1. The van der Waals surface area contributed by atoms with Crippen LogP contribution in [0.1, 0.15) is 26.4 Å². The highest BCUT2D eigenvalue weighted by Gasteiger charge is 2.24. The van der Waals surface area contributed by atoms with E-state index in [4.69, 9.17) is 4.74 Å². The number of rotatable bonds is 8. The maximum Gasteiger partial charge on any atom is 0.329 e. The number of H-pyrrole nitrogens is 1. The maximum absolute atomic E-state index is 12.6. The molecule has 0 spiro atoms. The number of nitrogens with one attached hydrogen (secondary N) is 2. The number of benzene rings is 2. The molecule has 6 heteroatoms. The summed E-state index contributed by atoms with van der Waals surface area (Å²) in [5.74, 6) is -1.38. The van der Waals surface area contributed by atoms with E-state index in [1.807, 2.05) is 30.3 Å². The van der Waals surface area contributed by atoms with Crippen molar-refractivity contribution >= 4 is 17.7 Å². The molecule has 28 heavy (non-hydrogen) atoms. The number of aromatic amines is 1. The second-order valence-electron chi connectivity index (χ2n) is 6.20. The number of amides is 1. The highest BCUT2D eigenvalue weighted by Crippen LogP contribution is 2.07. The summed E-state index contributed by atoms with van der Waals surface area (Å²) in [7, 11) is 0. The number of esters is 1. The minimum atomic E-state index is -0.911. The van der Waals surface area contributed by atoms with Gasteiger partial charge < -0.3 is 15.0 Å². The van der Waals surface area contributed by atoms with Crippen molar-refractivity contribution in [2.24, 2.45) is 0 Å². The van der Waals surface area contributed by atoms with Crippen molar-refractivity contribution in [3.05, 3.63) is 95.8 Å². The number of carbonyl (C=O) groups is 3. The van der Waals surface area contributed by atoms with Crippen molar-refractivity contribution < 1.29 is 19.1 Å². The molecule has 1 amide bonds. The van der Waals surface area contributed by atoms with Gasteiger partial charge in [0.2, 0.25) is 5.78 Å². The molecule has 3 rings (SSSR count). The van der Waals surface area contributed by atoms with E-state index in [-0.39, 0.29) is 18.1 Å². The van der Waals surface area contributed by atoms with Gasteiger partial charge in [0.25, 0.3) is 5.91 Å². The predicted molar refractivity (Wildman–Crippen MR) is 104 cm³/mol. The Kier molecular flexibility index (Phi) is 6.36. The van der Waals surface area contributed by atoms with E-state index in [1.54, 1.807) is 48.7 Å². The average molecular weight is 376 g/mol. The normalized spacial score (nSPS) is 11.4. The lowest BCUT2D eigenvalue weighted by atomic mass is 10.1. The number of hydrogen-bond donors (Lipinski definition) is 2. The van der Waals surface area contributed by atoms with Crippen LogP contribution in [0.15, 0.2) is 79.0 Å². The molecule has 142 valence electrons. The minimum Gasteiger partial charge on any atom is -0.456 e. The summed E-state index contributed by atoms with van der Waals surface area (Å²) in [4.78, 5) is 39.9. The quantitative estimate of drug-likeness (QED) is 0.467. The molecule has 0 aliphatic heterocycles. The molecule has 6 nitrogen and oxygen atoms in total. The molecule has 2 aromatic carbocycles. The first-order chi connectivity index (χ1) is 13.6. The summed E-state index contributed by atoms with van der Waals surface area (Å²) in [6.45, 7) is -0.397. The molecule has 0 saturated heterocycles. The highest BCUT2D eigenvalue weighted by atomic mass is 16.5. The van der Waals surface area contributed by atoms with E-state index >= 15 is 0 Å². The third kappa shape index (κ3) is 5.17. The van der Waals surface area contributed by atoms with Crippen molar-refractivity contribution in [3.8, 4) is 0 Å². The Balaban J connectivity index is 1.68. The smallest absolute Gasteiger partial charge is 0.329 e. The SMILES string of the molecule is O=C(N[C@H](Cc1ccccc1)C(=O)OCC(=O)c1ccc[nH]1)c1ccccc1. The molecule has 0 aliphatic rings. The molecule has 0 unspecified atom stereocenters. The summed E-state index contributed by atoms with van der Waals surface area (Å²) in [5, 5.41) is 2.71. The predicted octanol–water partition coefficient (Wildman–Crippen LogP) is 2.78. The van der Waals surface area contributed by atoms with Crippen LogP contribution >= 0.6 is 0 Å². The summed E-state index contributed by atoms with van der Waals surface area (Å²) in [6.07, 6.45) is 1.88. The summed E-state index contributed by atoms with van der Waals surface area (Å²) < 4.78 is 5.18. The fraction of sp³-hybridized carbons (Fsp3) is 0.136. The van der Waals surface area contributed by atoms with E-state index in [9.17, 15) is 14.4 Å². The first kappa shape index (κ1) is 19.1. The summed E-state index contributed by atoms with van der Waals surface area (Å²) in [6, 6.07) is 20.3. The number of ether oxygens (including phenoxy) is 1. The minimum absolute atomic E-state index is 0.259. The molecule has 0 radical (unpaired) electrons. The van der Waals surface area contributed by atoms with Gasteiger partial charge in [0.15, 0.2) is 6.61 Å². The molecule has 0 aliphatic carbocycles. The van der Waals surface area contributed by atoms with Gasteiger partial charge in [0, 0.05) is 18.2 Å². The van der Waals surface area contributed by atoms with Gasteiger partial charge in [-0.3, -0.25) is 9.59 Å². The van der Waals surface area contributed by atoms with Crippen molar-refractivity contribution in [1.29, 1.82) is 0 Å². The molecule has 3 aromatic rings.